The van der Waals surface area contributed by atoms with E-state index in [1.54, 1.807) is 0 Å². The van der Waals surface area contributed by atoms with Gasteiger partial charge in [0.05, 0.1) is 5.84 Å². The van der Waals surface area contributed by atoms with Gasteiger partial charge in [0.15, 0.2) is 0 Å². The Hall–Kier alpha value is -0.830. The van der Waals surface area contributed by atoms with Crippen LogP contribution in [0.2, 0.25) is 0 Å². The molecule has 0 radical (unpaired) electrons. The number of rotatable bonds is 2. The minimum absolute atomic E-state index is 0.197. The largest absolute Gasteiger partial charge is 0.387 e. The molecule has 0 heterocycles. The molecule has 3 heteroatoms. The summed E-state index contributed by atoms with van der Waals surface area (Å²) in [5.41, 5.74) is 6.30. The van der Waals surface area contributed by atoms with Crippen LogP contribution in [0, 0.1) is 5.41 Å². The summed E-state index contributed by atoms with van der Waals surface area (Å²) in [6.45, 7) is 0. The molecule has 2 nitrogen and oxygen atoms in total. The lowest BCUT2D eigenvalue weighted by Gasteiger charge is -1.98. The smallest absolute Gasteiger partial charge is 0.0950 e. The molecule has 0 saturated heterocycles. The Morgan fingerprint density at radius 3 is 2.82 bits per heavy atom. The second-order valence-corrected chi connectivity index (χ2v) is 3.25. The van der Waals surface area contributed by atoms with Gasteiger partial charge in [-0.2, -0.15) is 0 Å². The van der Waals surface area contributed by atoms with Gasteiger partial charge in [0, 0.05) is 10.9 Å². The molecule has 0 atom stereocenters. The van der Waals surface area contributed by atoms with Gasteiger partial charge in [-0.15, -0.1) is 0 Å². The minimum atomic E-state index is 0.197. The molecule has 58 valence electrons. The van der Waals surface area contributed by atoms with E-state index >= 15 is 0 Å². The minimum Gasteiger partial charge on any atom is -0.387 e. The monoisotopic (exact) mass is 212 g/mol. The molecule has 0 spiro atoms. The van der Waals surface area contributed by atoms with Crippen molar-refractivity contribution in [1.29, 1.82) is 5.41 Å². The van der Waals surface area contributed by atoms with Gasteiger partial charge in [-0.1, -0.05) is 28.1 Å². The van der Waals surface area contributed by atoms with E-state index < -0.39 is 0 Å². The molecule has 1 aromatic carbocycles. The number of nitrogens with two attached hydrogens (primary N) is 1. The Labute approximate surface area is 74.1 Å². The molecule has 0 aliphatic rings. The van der Waals surface area contributed by atoms with E-state index in [1.807, 2.05) is 24.3 Å². The van der Waals surface area contributed by atoms with Crippen molar-refractivity contribution in [3.8, 4) is 0 Å². The van der Waals surface area contributed by atoms with Gasteiger partial charge in [-0.25, -0.2) is 0 Å². The lowest BCUT2D eigenvalue weighted by Crippen LogP contribution is -2.12. The zero-order chi connectivity index (χ0) is 8.27. The molecule has 0 saturated carbocycles. The number of hydrogen-bond donors (Lipinski definition) is 2. The summed E-state index contributed by atoms with van der Waals surface area (Å²) < 4.78 is 1.02. The summed E-state index contributed by atoms with van der Waals surface area (Å²) in [4.78, 5) is 0. The van der Waals surface area contributed by atoms with E-state index in [4.69, 9.17) is 11.1 Å². The van der Waals surface area contributed by atoms with Crippen molar-refractivity contribution in [2.45, 2.75) is 6.42 Å². The van der Waals surface area contributed by atoms with Crippen LogP contribution >= 0.6 is 15.9 Å². The topological polar surface area (TPSA) is 49.9 Å². The van der Waals surface area contributed by atoms with Crippen LogP contribution in [-0.4, -0.2) is 5.84 Å². The van der Waals surface area contributed by atoms with Gasteiger partial charge in [-0.05, 0) is 17.7 Å². The molecule has 0 aliphatic carbocycles. The molecule has 0 fully saturated rings. The molecule has 1 rings (SSSR count). The second-order valence-electron chi connectivity index (χ2n) is 2.33. The summed E-state index contributed by atoms with van der Waals surface area (Å²) in [6.07, 6.45) is 0.527. The van der Waals surface area contributed by atoms with Crippen LogP contribution in [-0.2, 0) is 6.42 Å². The standard InChI is InChI=1S/C8H9BrN2/c9-7-3-1-2-6(4-7)5-8(10)11/h1-4H,5H2,(H3,10,11). The predicted octanol–water partition coefficient (Wildman–Crippen LogP) is 1.93. The summed E-state index contributed by atoms with van der Waals surface area (Å²) in [6, 6.07) is 7.79. The maximum absolute atomic E-state index is 7.06. The number of benzene rings is 1. The highest BCUT2D eigenvalue weighted by molar-refractivity contribution is 9.10. The SMILES string of the molecule is N=C(N)Cc1cccc(Br)c1. The van der Waals surface area contributed by atoms with Crippen LogP contribution in [0.4, 0.5) is 0 Å². The number of halogens is 1. The molecule has 0 amide bonds. The zero-order valence-electron chi connectivity index (χ0n) is 5.97. The quantitative estimate of drug-likeness (QED) is 0.572. The number of amidine groups is 1. The van der Waals surface area contributed by atoms with E-state index in [-0.39, 0.29) is 5.84 Å². The molecular formula is C8H9BrN2. The summed E-state index contributed by atoms with van der Waals surface area (Å²) >= 11 is 3.34. The second kappa shape index (κ2) is 3.53. The van der Waals surface area contributed by atoms with Gasteiger partial charge < -0.3 is 5.73 Å². The van der Waals surface area contributed by atoms with Crippen molar-refractivity contribution in [2.75, 3.05) is 0 Å². The Morgan fingerprint density at radius 1 is 1.55 bits per heavy atom. The fraction of sp³-hybridized carbons (Fsp3) is 0.125. The average molecular weight is 213 g/mol. The molecule has 0 unspecified atom stereocenters. The predicted molar refractivity (Wildman–Crippen MR) is 49.8 cm³/mol. The van der Waals surface area contributed by atoms with Crippen molar-refractivity contribution in [2.24, 2.45) is 5.73 Å². The van der Waals surface area contributed by atoms with Crippen LogP contribution in [0.5, 0.6) is 0 Å². The summed E-state index contributed by atoms with van der Waals surface area (Å²) in [7, 11) is 0. The first kappa shape index (κ1) is 8.27. The van der Waals surface area contributed by atoms with Crippen molar-refractivity contribution in [3.05, 3.63) is 34.3 Å². The molecule has 0 bridgehead atoms. The lowest BCUT2D eigenvalue weighted by molar-refractivity contribution is 1.24. The average Bonchev–Trinajstić information content (AvgIpc) is 1.85. The van der Waals surface area contributed by atoms with Gasteiger partial charge in [0.1, 0.15) is 0 Å². The van der Waals surface area contributed by atoms with Gasteiger partial charge in [0.2, 0.25) is 0 Å². The Morgan fingerprint density at radius 2 is 2.27 bits per heavy atom. The van der Waals surface area contributed by atoms with Gasteiger partial charge in [-0.3, -0.25) is 5.41 Å². The van der Waals surface area contributed by atoms with Crippen molar-refractivity contribution in [1.82, 2.24) is 0 Å². The summed E-state index contributed by atoms with van der Waals surface area (Å²) in [5.74, 6) is 0.197. The van der Waals surface area contributed by atoms with Crippen LogP contribution in [0.1, 0.15) is 5.56 Å². The van der Waals surface area contributed by atoms with Crippen LogP contribution in [0.15, 0.2) is 28.7 Å². The fourth-order valence-electron chi connectivity index (χ4n) is 0.867. The normalized spacial score (nSPS) is 9.55. The molecular weight excluding hydrogens is 204 g/mol. The first-order valence-electron chi connectivity index (χ1n) is 3.26. The summed E-state index contributed by atoms with van der Waals surface area (Å²) in [5, 5.41) is 7.06. The van der Waals surface area contributed by atoms with E-state index in [2.05, 4.69) is 15.9 Å². The number of nitrogens with one attached hydrogen (secondary N) is 1. The highest BCUT2D eigenvalue weighted by Gasteiger charge is 1.94. The van der Waals surface area contributed by atoms with Gasteiger partial charge >= 0.3 is 0 Å². The van der Waals surface area contributed by atoms with Crippen molar-refractivity contribution >= 4 is 21.8 Å². The third kappa shape index (κ3) is 2.72. The molecule has 0 aromatic heterocycles. The maximum atomic E-state index is 7.06. The third-order valence-electron chi connectivity index (χ3n) is 1.28. The van der Waals surface area contributed by atoms with Gasteiger partial charge in [0.25, 0.3) is 0 Å². The third-order valence-corrected chi connectivity index (χ3v) is 1.78. The fourth-order valence-corrected chi connectivity index (χ4v) is 1.31. The molecule has 3 N–H and O–H groups in total. The Bertz CT molecular complexity index is 271. The lowest BCUT2D eigenvalue weighted by atomic mass is 10.1. The first-order valence-corrected chi connectivity index (χ1v) is 4.05. The van der Waals surface area contributed by atoms with E-state index in [1.165, 1.54) is 0 Å². The first-order chi connectivity index (χ1) is 5.18. The van der Waals surface area contributed by atoms with Crippen LogP contribution < -0.4 is 5.73 Å². The highest BCUT2D eigenvalue weighted by Crippen LogP contribution is 2.11. The molecule has 0 aliphatic heterocycles. The molecule has 11 heavy (non-hydrogen) atoms. The van der Waals surface area contributed by atoms with E-state index in [9.17, 15) is 0 Å². The number of hydrogen-bond acceptors (Lipinski definition) is 1. The van der Waals surface area contributed by atoms with Crippen LogP contribution in [0.25, 0.3) is 0 Å². The van der Waals surface area contributed by atoms with Crippen LogP contribution in [0.3, 0.4) is 0 Å². The highest BCUT2D eigenvalue weighted by atomic mass is 79.9. The van der Waals surface area contributed by atoms with E-state index in [0.717, 1.165) is 10.0 Å². The van der Waals surface area contributed by atoms with E-state index in [0.29, 0.717) is 6.42 Å². The maximum Gasteiger partial charge on any atom is 0.0950 e. The Balaban J connectivity index is 2.79. The Kier molecular flexibility index (Phi) is 2.65. The zero-order valence-corrected chi connectivity index (χ0v) is 7.56. The molecule has 1 aromatic rings. The van der Waals surface area contributed by atoms with Crippen molar-refractivity contribution < 1.29 is 0 Å². The van der Waals surface area contributed by atoms with Crippen molar-refractivity contribution in [3.63, 3.8) is 0 Å².